The predicted molar refractivity (Wildman–Crippen MR) is 74.4 cm³/mol. The molecule has 0 bridgehead atoms. The van der Waals surface area contributed by atoms with Crippen molar-refractivity contribution in [1.29, 1.82) is 0 Å². The summed E-state index contributed by atoms with van der Waals surface area (Å²) < 4.78 is 0. The molecule has 0 aromatic rings. The fourth-order valence-electron chi connectivity index (χ4n) is 2.94. The van der Waals surface area contributed by atoms with Gasteiger partial charge in [0.25, 0.3) is 0 Å². The minimum absolute atomic E-state index is 0.0983. The summed E-state index contributed by atoms with van der Waals surface area (Å²) in [5.74, 6) is 1.12. The van der Waals surface area contributed by atoms with Crippen LogP contribution in [-0.4, -0.2) is 36.0 Å². The van der Waals surface area contributed by atoms with Gasteiger partial charge in [-0.2, -0.15) is 0 Å². The predicted octanol–water partition coefficient (Wildman–Crippen LogP) is 2.56. The van der Waals surface area contributed by atoms with E-state index in [1.165, 1.54) is 32.1 Å². The minimum Gasteiger partial charge on any atom is -0.338 e. The van der Waals surface area contributed by atoms with Crippen molar-refractivity contribution in [2.75, 3.05) is 13.1 Å². The molecule has 104 valence electrons. The fourth-order valence-corrected chi connectivity index (χ4v) is 2.94. The Morgan fingerprint density at radius 2 is 2.06 bits per heavy atom. The Morgan fingerprint density at radius 3 is 2.67 bits per heavy atom. The van der Waals surface area contributed by atoms with Crippen molar-refractivity contribution in [2.45, 2.75) is 70.9 Å². The molecule has 1 heterocycles. The number of amides is 1. The van der Waals surface area contributed by atoms with Crippen molar-refractivity contribution >= 4 is 5.91 Å². The Morgan fingerprint density at radius 1 is 1.28 bits per heavy atom. The Kier molecular flexibility index (Phi) is 5.04. The average Bonchev–Trinajstić information content (AvgIpc) is 3.23. The van der Waals surface area contributed by atoms with Gasteiger partial charge in [-0.3, -0.25) is 4.79 Å². The molecule has 3 nitrogen and oxygen atoms in total. The zero-order valence-electron chi connectivity index (χ0n) is 12.0. The van der Waals surface area contributed by atoms with Crippen molar-refractivity contribution in [1.82, 2.24) is 10.2 Å². The Balaban J connectivity index is 1.90. The fraction of sp³-hybridized carbons (Fsp3) is 0.933. The maximum absolute atomic E-state index is 12.6. The number of hydrogen-bond acceptors (Lipinski definition) is 2. The van der Waals surface area contributed by atoms with Crippen LogP contribution in [-0.2, 0) is 4.79 Å². The molecule has 1 N–H and O–H groups in total. The van der Waals surface area contributed by atoms with Crippen LogP contribution in [0.2, 0.25) is 0 Å². The third-order valence-corrected chi connectivity index (χ3v) is 4.41. The van der Waals surface area contributed by atoms with Crippen LogP contribution in [0.15, 0.2) is 0 Å². The standard InChI is InChI=1S/C15H28N2O/c1-3-5-10-17(13-6-7-13)15(18)14-11-12(4-2)8-9-16-14/h12-14,16H,3-11H2,1-2H3. The molecule has 18 heavy (non-hydrogen) atoms. The molecule has 2 atom stereocenters. The summed E-state index contributed by atoms with van der Waals surface area (Å²) in [5.41, 5.74) is 0. The summed E-state index contributed by atoms with van der Waals surface area (Å²) in [6.07, 6.45) is 8.25. The van der Waals surface area contributed by atoms with Gasteiger partial charge in [0.05, 0.1) is 6.04 Å². The number of nitrogens with one attached hydrogen (secondary N) is 1. The molecular weight excluding hydrogens is 224 g/mol. The number of carbonyl (C=O) groups is 1. The van der Waals surface area contributed by atoms with Crippen LogP contribution < -0.4 is 5.32 Å². The Labute approximate surface area is 111 Å². The lowest BCUT2D eigenvalue weighted by Gasteiger charge is -2.33. The summed E-state index contributed by atoms with van der Waals surface area (Å²) in [6, 6.07) is 0.661. The van der Waals surface area contributed by atoms with E-state index < -0.39 is 0 Å². The van der Waals surface area contributed by atoms with Crippen molar-refractivity contribution in [3.05, 3.63) is 0 Å². The van der Waals surface area contributed by atoms with Gasteiger partial charge >= 0.3 is 0 Å². The lowest BCUT2D eigenvalue weighted by molar-refractivity contribution is -0.135. The van der Waals surface area contributed by atoms with Crippen molar-refractivity contribution in [2.24, 2.45) is 5.92 Å². The van der Waals surface area contributed by atoms with Gasteiger partial charge in [0.2, 0.25) is 5.91 Å². The number of hydrogen-bond donors (Lipinski definition) is 1. The average molecular weight is 252 g/mol. The van der Waals surface area contributed by atoms with E-state index in [4.69, 9.17) is 0 Å². The smallest absolute Gasteiger partial charge is 0.239 e. The minimum atomic E-state index is 0.0983. The van der Waals surface area contributed by atoms with E-state index in [0.29, 0.717) is 11.9 Å². The van der Waals surface area contributed by atoms with E-state index in [0.717, 1.165) is 31.8 Å². The number of piperidine rings is 1. The molecule has 2 unspecified atom stereocenters. The second-order valence-corrected chi connectivity index (χ2v) is 5.92. The monoisotopic (exact) mass is 252 g/mol. The van der Waals surface area contributed by atoms with Crippen LogP contribution in [0.1, 0.15) is 58.8 Å². The third-order valence-electron chi connectivity index (χ3n) is 4.41. The SMILES string of the molecule is CCCCN(C(=O)C1CC(CC)CCN1)C1CC1. The summed E-state index contributed by atoms with van der Waals surface area (Å²) in [7, 11) is 0. The molecular formula is C15H28N2O. The normalized spacial score (nSPS) is 28.1. The van der Waals surface area contributed by atoms with Crippen LogP contribution in [0.5, 0.6) is 0 Å². The molecule has 2 aliphatic rings. The number of rotatable bonds is 6. The highest BCUT2D eigenvalue weighted by atomic mass is 16.2. The third kappa shape index (κ3) is 3.47. The van der Waals surface area contributed by atoms with Crippen LogP contribution in [0.4, 0.5) is 0 Å². The molecule has 0 radical (unpaired) electrons. The van der Waals surface area contributed by atoms with E-state index in [1.54, 1.807) is 0 Å². The Bertz CT molecular complexity index is 276. The molecule has 0 spiro atoms. The summed E-state index contributed by atoms with van der Waals surface area (Å²) in [6.45, 7) is 6.42. The topological polar surface area (TPSA) is 32.3 Å². The van der Waals surface area contributed by atoms with Crippen molar-refractivity contribution < 1.29 is 4.79 Å². The first-order valence-electron chi connectivity index (χ1n) is 7.80. The molecule has 1 saturated heterocycles. The zero-order chi connectivity index (χ0) is 13.0. The largest absolute Gasteiger partial charge is 0.338 e. The van der Waals surface area contributed by atoms with Gasteiger partial charge in [-0.25, -0.2) is 0 Å². The molecule has 1 amide bonds. The van der Waals surface area contributed by atoms with Crippen LogP contribution in [0.3, 0.4) is 0 Å². The van der Waals surface area contributed by atoms with Gasteiger partial charge < -0.3 is 10.2 Å². The highest BCUT2D eigenvalue weighted by molar-refractivity contribution is 5.82. The van der Waals surface area contributed by atoms with E-state index in [1.807, 2.05) is 0 Å². The molecule has 1 saturated carbocycles. The van der Waals surface area contributed by atoms with Gasteiger partial charge in [0, 0.05) is 12.6 Å². The molecule has 1 aliphatic carbocycles. The number of nitrogens with zero attached hydrogens (tertiary/aromatic N) is 1. The van der Waals surface area contributed by atoms with Gasteiger partial charge in [-0.05, 0) is 44.6 Å². The number of carbonyl (C=O) groups excluding carboxylic acids is 1. The van der Waals surface area contributed by atoms with E-state index in [2.05, 4.69) is 24.1 Å². The highest BCUT2D eigenvalue weighted by Gasteiger charge is 2.36. The molecule has 0 aromatic carbocycles. The van der Waals surface area contributed by atoms with E-state index >= 15 is 0 Å². The first-order valence-corrected chi connectivity index (χ1v) is 7.80. The van der Waals surface area contributed by atoms with Crippen LogP contribution >= 0.6 is 0 Å². The zero-order valence-corrected chi connectivity index (χ0v) is 12.0. The van der Waals surface area contributed by atoms with Gasteiger partial charge in [0.15, 0.2) is 0 Å². The van der Waals surface area contributed by atoms with Crippen LogP contribution in [0, 0.1) is 5.92 Å². The highest BCUT2D eigenvalue weighted by Crippen LogP contribution is 2.29. The van der Waals surface area contributed by atoms with Crippen LogP contribution in [0.25, 0.3) is 0 Å². The van der Waals surface area contributed by atoms with Gasteiger partial charge in [-0.1, -0.05) is 26.7 Å². The molecule has 2 fully saturated rings. The second-order valence-electron chi connectivity index (χ2n) is 5.92. The quantitative estimate of drug-likeness (QED) is 0.788. The maximum Gasteiger partial charge on any atom is 0.239 e. The van der Waals surface area contributed by atoms with Crippen molar-refractivity contribution in [3.63, 3.8) is 0 Å². The molecule has 3 heteroatoms. The van der Waals surface area contributed by atoms with E-state index in [9.17, 15) is 4.79 Å². The second kappa shape index (κ2) is 6.55. The Hall–Kier alpha value is -0.570. The lowest BCUT2D eigenvalue weighted by Crippen LogP contribution is -2.51. The lowest BCUT2D eigenvalue weighted by atomic mass is 9.90. The number of unbranched alkanes of at least 4 members (excludes halogenated alkanes) is 1. The summed E-state index contributed by atoms with van der Waals surface area (Å²) in [4.78, 5) is 14.8. The maximum atomic E-state index is 12.6. The molecule has 2 rings (SSSR count). The van der Waals surface area contributed by atoms with Gasteiger partial charge in [0.1, 0.15) is 0 Å². The molecule has 0 aromatic heterocycles. The first-order chi connectivity index (χ1) is 8.76. The molecule has 1 aliphatic heterocycles. The summed E-state index contributed by atoms with van der Waals surface area (Å²) >= 11 is 0. The van der Waals surface area contributed by atoms with Gasteiger partial charge in [-0.15, -0.1) is 0 Å². The summed E-state index contributed by atoms with van der Waals surface area (Å²) in [5, 5.41) is 3.43. The van der Waals surface area contributed by atoms with E-state index in [-0.39, 0.29) is 6.04 Å². The van der Waals surface area contributed by atoms with Crippen molar-refractivity contribution in [3.8, 4) is 0 Å². The first kappa shape index (κ1) is 13.9.